The van der Waals surface area contributed by atoms with E-state index in [1.165, 1.54) is 0 Å². The maximum Gasteiger partial charge on any atom is 0.253 e. The summed E-state index contributed by atoms with van der Waals surface area (Å²) in [4.78, 5) is 14.5. The number of nitrogens with one attached hydrogen (secondary N) is 1. The first-order valence-corrected chi connectivity index (χ1v) is 8.50. The van der Waals surface area contributed by atoms with Crippen LogP contribution in [0.3, 0.4) is 0 Å². The molecular weight excluding hydrogens is 292 g/mol. The largest absolute Gasteiger partial charge is 0.379 e. The lowest BCUT2D eigenvalue weighted by atomic mass is 10.00. The third-order valence-electron chi connectivity index (χ3n) is 4.57. The molecule has 5 heteroatoms. The molecule has 0 aromatic heterocycles. The molecule has 2 aliphatic rings. The average molecular weight is 318 g/mol. The second-order valence-corrected chi connectivity index (χ2v) is 6.67. The lowest BCUT2D eigenvalue weighted by Gasteiger charge is -2.37. The Balaban J connectivity index is 1.63. The minimum Gasteiger partial charge on any atom is -0.379 e. The zero-order chi connectivity index (χ0) is 16.2. The van der Waals surface area contributed by atoms with Crippen molar-refractivity contribution in [1.29, 1.82) is 0 Å². The van der Waals surface area contributed by atoms with Gasteiger partial charge in [-0.3, -0.25) is 4.79 Å². The molecule has 0 spiro atoms. The third-order valence-corrected chi connectivity index (χ3v) is 4.57. The molecule has 2 heterocycles. The molecule has 5 nitrogen and oxygen atoms in total. The lowest BCUT2D eigenvalue weighted by Crippen LogP contribution is -2.48. The molecule has 0 saturated carbocycles. The van der Waals surface area contributed by atoms with Gasteiger partial charge >= 0.3 is 0 Å². The summed E-state index contributed by atoms with van der Waals surface area (Å²) in [5.41, 5.74) is 1.96. The van der Waals surface area contributed by atoms with E-state index in [2.05, 4.69) is 19.2 Å². The van der Waals surface area contributed by atoms with Crippen LogP contribution in [0.4, 0.5) is 11.4 Å². The van der Waals surface area contributed by atoms with Crippen LogP contribution in [0.5, 0.6) is 0 Å². The first kappa shape index (κ1) is 16.3. The van der Waals surface area contributed by atoms with Gasteiger partial charge in [0.05, 0.1) is 24.1 Å². The van der Waals surface area contributed by atoms with E-state index in [1.54, 1.807) is 0 Å². The molecule has 126 valence electrons. The molecule has 1 fully saturated rings. The minimum absolute atomic E-state index is 0.0163. The van der Waals surface area contributed by atoms with E-state index in [4.69, 9.17) is 9.47 Å². The van der Waals surface area contributed by atoms with Crippen molar-refractivity contribution in [2.75, 3.05) is 36.6 Å². The van der Waals surface area contributed by atoms with Gasteiger partial charge in [-0.2, -0.15) is 0 Å². The fourth-order valence-electron chi connectivity index (χ4n) is 3.12. The van der Waals surface area contributed by atoms with Crippen molar-refractivity contribution in [1.82, 2.24) is 0 Å². The van der Waals surface area contributed by atoms with Gasteiger partial charge in [0.2, 0.25) is 0 Å². The standard InChI is InChI=1S/C18H26N2O3/c1-13(2)16-10-20(17-8-4-3-7-15(17)19-16)18(21)12-22-11-14-6-5-9-23-14/h3-4,7-8,13-14,16,19H,5-6,9-12H2,1-2H3/t14-,16-/m1/s1. The SMILES string of the molecule is CC(C)[C@H]1CN(C(=O)COC[C@H]2CCCO2)c2ccccc2N1. The number of hydrogen-bond donors (Lipinski definition) is 1. The first-order chi connectivity index (χ1) is 11.1. The highest BCUT2D eigenvalue weighted by atomic mass is 16.5. The zero-order valence-electron chi connectivity index (χ0n) is 14.0. The molecule has 1 aromatic rings. The Bertz CT molecular complexity index is 541. The van der Waals surface area contributed by atoms with Crippen molar-refractivity contribution in [2.45, 2.75) is 38.8 Å². The number of nitrogens with zero attached hydrogens (tertiary/aromatic N) is 1. The lowest BCUT2D eigenvalue weighted by molar-refractivity contribution is -0.124. The normalized spacial score (nSPS) is 23.7. The summed E-state index contributed by atoms with van der Waals surface area (Å²) < 4.78 is 11.1. The van der Waals surface area contributed by atoms with Crippen LogP contribution in [0.1, 0.15) is 26.7 Å². The summed E-state index contributed by atoms with van der Waals surface area (Å²) in [7, 11) is 0. The molecule has 23 heavy (non-hydrogen) atoms. The van der Waals surface area contributed by atoms with Crippen molar-refractivity contribution in [3.8, 4) is 0 Å². The van der Waals surface area contributed by atoms with E-state index in [1.807, 2.05) is 29.2 Å². The van der Waals surface area contributed by atoms with Crippen molar-refractivity contribution < 1.29 is 14.3 Å². The molecule has 0 unspecified atom stereocenters. The number of para-hydroxylation sites is 2. The molecule has 0 aliphatic carbocycles. The Kier molecular flexibility index (Phi) is 5.18. The Morgan fingerprint density at radius 2 is 2.26 bits per heavy atom. The predicted molar refractivity (Wildman–Crippen MR) is 90.8 cm³/mol. The van der Waals surface area contributed by atoms with Crippen molar-refractivity contribution in [3.63, 3.8) is 0 Å². The van der Waals surface area contributed by atoms with Gasteiger partial charge in [-0.15, -0.1) is 0 Å². The Hall–Kier alpha value is -1.59. The summed E-state index contributed by atoms with van der Waals surface area (Å²) in [6.07, 6.45) is 2.27. The second kappa shape index (κ2) is 7.32. The highest BCUT2D eigenvalue weighted by Gasteiger charge is 2.29. The van der Waals surface area contributed by atoms with Gasteiger partial charge in [0.15, 0.2) is 0 Å². The van der Waals surface area contributed by atoms with Crippen molar-refractivity contribution >= 4 is 17.3 Å². The van der Waals surface area contributed by atoms with Gasteiger partial charge < -0.3 is 19.7 Å². The van der Waals surface area contributed by atoms with Gasteiger partial charge in [0.25, 0.3) is 5.91 Å². The molecule has 1 amide bonds. The summed E-state index contributed by atoms with van der Waals surface area (Å²) in [6.45, 7) is 6.44. The summed E-state index contributed by atoms with van der Waals surface area (Å²) in [5, 5.41) is 3.53. The Morgan fingerprint density at radius 1 is 1.43 bits per heavy atom. The molecule has 2 aliphatic heterocycles. The van der Waals surface area contributed by atoms with Gasteiger partial charge in [-0.05, 0) is 30.9 Å². The number of rotatable bonds is 5. The van der Waals surface area contributed by atoms with Crippen LogP contribution in [0, 0.1) is 5.92 Å². The van der Waals surface area contributed by atoms with Gasteiger partial charge in [-0.25, -0.2) is 0 Å². The number of fused-ring (bicyclic) bond motifs is 1. The van der Waals surface area contributed by atoms with Crippen LogP contribution in [0.2, 0.25) is 0 Å². The molecule has 1 aromatic carbocycles. The predicted octanol–water partition coefficient (Wildman–Crippen LogP) is 2.67. The maximum atomic E-state index is 12.6. The molecule has 0 radical (unpaired) electrons. The fourth-order valence-corrected chi connectivity index (χ4v) is 3.12. The quantitative estimate of drug-likeness (QED) is 0.907. The molecule has 3 rings (SSSR count). The fraction of sp³-hybridized carbons (Fsp3) is 0.611. The van der Waals surface area contributed by atoms with E-state index in [0.717, 1.165) is 30.8 Å². The Morgan fingerprint density at radius 3 is 3.00 bits per heavy atom. The number of benzene rings is 1. The van der Waals surface area contributed by atoms with Crippen LogP contribution in [0.15, 0.2) is 24.3 Å². The van der Waals surface area contributed by atoms with Gasteiger partial charge in [0.1, 0.15) is 6.61 Å². The van der Waals surface area contributed by atoms with Crippen LogP contribution >= 0.6 is 0 Å². The van der Waals surface area contributed by atoms with Crippen molar-refractivity contribution in [2.24, 2.45) is 5.92 Å². The monoisotopic (exact) mass is 318 g/mol. The van der Waals surface area contributed by atoms with Crippen LogP contribution in [0.25, 0.3) is 0 Å². The van der Waals surface area contributed by atoms with E-state index in [-0.39, 0.29) is 24.7 Å². The third kappa shape index (κ3) is 3.85. The summed E-state index contributed by atoms with van der Waals surface area (Å²) in [6, 6.07) is 8.22. The van der Waals surface area contributed by atoms with Crippen LogP contribution in [-0.2, 0) is 14.3 Å². The number of hydrogen-bond acceptors (Lipinski definition) is 4. The summed E-state index contributed by atoms with van der Waals surface area (Å²) in [5.74, 6) is 0.467. The number of anilines is 2. The first-order valence-electron chi connectivity index (χ1n) is 8.50. The van der Waals surface area contributed by atoms with Crippen LogP contribution in [-0.4, -0.2) is 44.4 Å². The van der Waals surface area contributed by atoms with E-state index in [0.29, 0.717) is 19.1 Å². The van der Waals surface area contributed by atoms with E-state index < -0.39 is 0 Å². The number of amides is 1. The van der Waals surface area contributed by atoms with Crippen molar-refractivity contribution in [3.05, 3.63) is 24.3 Å². The van der Waals surface area contributed by atoms with E-state index in [9.17, 15) is 4.79 Å². The summed E-state index contributed by atoms with van der Waals surface area (Å²) >= 11 is 0. The maximum absolute atomic E-state index is 12.6. The number of carbonyl (C=O) groups is 1. The number of carbonyl (C=O) groups excluding carboxylic acids is 1. The topological polar surface area (TPSA) is 50.8 Å². The highest BCUT2D eigenvalue weighted by Crippen LogP contribution is 2.32. The minimum atomic E-state index is 0.0163. The Labute approximate surface area is 137 Å². The molecule has 1 N–H and O–H groups in total. The molecule has 1 saturated heterocycles. The number of ether oxygens (including phenoxy) is 2. The molecule has 2 atom stereocenters. The average Bonchev–Trinajstić information content (AvgIpc) is 3.07. The molecular formula is C18H26N2O3. The van der Waals surface area contributed by atoms with E-state index >= 15 is 0 Å². The molecule has 0 bridgehead atoms. The van der Waals surface area contributed by atoms with Crippen LogP contribution < -0.4 is 10.2 Å². The van der Waals surface area contributed by atoms with Gasteiger partial charge in [0, 0.05) is 19.2 Å². The smallest absolute Gasteiger partial charge is 0.253 e. The van der Waals surface area contributed by atoms with Gasteiger partial charge in [-0.1, -0.05) is 26.0 Å². The second-order valence-electron chi connectivity index (χ2n) is 6.67. The zero-order valence-corrected chi connectivity index (χ0v) is 14.0. The highest BCUT2D eigenvalue weighted by molar-refractivity contribution is 5.98.